The molecule has 0 radical (unpaired) electrons. The minimum atomic E-state index is -0.109. The molecule has 9 heteroatoms. The normalized spacial score (nSPS) is 15.0. The zero-order valence-electron chi connectivity index (χ0n) is 24.8. The van der Waals surface area contributed by atoms with Gasteiger partial charge in [-0.3, -0.25) is 14.5 Å². The Balaban J connectivity index is 1.28. The van der Waals surface area contributed by atoms with Crippen LogP contribution in [0.1, 0.15) is 42.5 Å². The van der Waals surface area contributed by atoms with E-state index in [0.29, 0.717) is 48.3 Å². The van der Waals surface area contributed by atoms with Gasteiger partial charge in [0.2, 0.25) is 17.6 Å². The largest absolute Gasteiger partial charge is 0.493 e. The average molecular weight is 594 g/mol. The quantitative estimate of drug-likeness (QED) is 0.306. The van der Waals surface area contributed by atoms with Gasteiger partial charge in [0.25, 0.3) is 0 Å². The predicted octanol–water partition coefficient (Wildman–Crippen LogP) is 5.33. The highest BCUT2D eigenvalue weighted by Crippen LogP contribution is 2.38. The summed E-state index contributed by atoms with van der Waals surface area (Å²) in [5.74, 6) is 1.46. The zero-order valence-corrected chi connectivity index (χ0v) is 25.5. The maximum Gasteiger partial charge on any atom is 0.222 e. The Bertz CT molecular complexity index is 1300. The maximum absolute atomic E-state index is 13.1. The molecule has 0 aromatic heterocycles. The Kier molecular flexibility index (Phi) is 11.1. The van der Waals surface area contributed by atoms with E-state index in [-0.39, 0.29) is 30.2 Å². The van der Waals surface area contributed by atoms with E-state index in [9.17, 15) is 9.59 Å². The molecule has 1 aliphatic heterocycles. The van der Waals surface area contributed by atoms with Crippen LogP contribution in [0, 0.1) is 5.92 Å². The second-order valence-electron chi connectivity index (χ2n) is 10.6. The van der Waals surface area contributed by atoms with Crippen LogP contribution >= 0.6 is 11.6 Å². The molecule has 3 aromatic carbocycles. The van der Waals surface area contributed by atoms with Gasteiger partial charge in [-0.25, -0.2) is 0 Å². The van der Waals surface area contributed by atoms with Crippen LogP contribution in [-0.2, 0) is 16.1 Å². The van der Waals surface area contributed by atoms with Gasteiger partial charge in [-0.05, 0) is 46.9 Å². The molecule has 4 rings (SSSR count). The summed E-state index contributed by atoms with van der Waals surface area (Å²) in [6, 6.07) is 22.1. The van der Waals surface area contributed by atoms with Crippen LogP contribution in [-0.4, -0.2) is 69.1 Å². The van der Waals surface area contributed by atoms with Gasteiger partial charge in [-0.15, -0.1) is 0 Å². The van der Waals surface area contributed by atoms with E-state index in [4.69, 9.17) is 25.8 Å². The van der Waals surface area contributed by atoms with Gasteiger partial charge in [0, 0.05) is 50.6 Å². The highest BCUT2D eigenvalue weighted by molar-refractivity contribution is 6.30. The molecule has 1 saturated heterocycles. The fourth-order valence-electron chi connectivity index (χ4n) is 5.45. The van der Waals surface area contributed by atoms with Crippen molar-refractivity contribution in [1.82, 2.24) is 15.1 Å². The monoisotopic (exact) mass is 593 g/mol. The third-order valence-electron chi connectivity index (χ3n) is 7.60. The number of ether oxygens (including phenoxy) is 3. The van der Waals surface area contributed by atoms with E-state index < -0.39 is 0 Å². The first-order chi connectivity index (χ1) is 20.3. The van der Waals surface area contributed by atoms with Crippen LogP contribution in [0.25, 0.3) is 0 Å². The van der Waals surface area contributed by atoms with Crippen molar-refractivity contribution in [3.8, 4) is 17.2 Å². The van der Waals surface area contributed by atoms with E-state index in [1.54, 1.807) is 21.3 Å². The Morgan fingerprint density at radius 3 is 2.00 bits per heavy atom. The molecule has 1 aliphatic rings. The van der Waals surface area contributed by atoms with Crippen molar-refractivity contribution in [2.24, 2.45) is 5.92 Å². The number of carbonyl (C=O) groups is 2. The molecule has 2 atom stereocenters. The molecule has 2 amide bonds. The van der Waals surface area contributed by atoms with Crippen molar-refractivity contribution < 1.29 is 23.8 Å². The molecule has 0 spiro atoms. The summed E-state index contributed by atoms with van der Waals surface area (Å²) in [4.78, 5) is 30.2. The van der Waals surface area contributed by atoms with E-state index >= 15 is 0 Å². The minimum Gasteiger partial charge on any atom is -0.493 e. The number of nitrogens with one attached hydrogen (secondary N) is 1. The molecule has 0 aliphatic carbocycles. The van der Waals surface area contributed by atoms with Gasteiger partial charge in [0.15, 0.2) is 11.5 Å². The summed E-state index contributed by atoms with van der Waals surface area (Å²) in [7, 11) is 4.66. The SMILES string of the molecule is COc1cc(CNC(=O)CC(C)CC(=O)N2CCN(C(c3ccccc3)c3ccc(Cl)cc3)CC2)cc(OC)c1OC. The number of hydrogen-bond acceptors (Lipinski definition) is 6. The molecule has 1 N–H and O–H groups in total. The highest BCUT2D eigenvalue weighted by atomic mass is 35.5. The fraction of sp³-hybridized carbons (Fsp3) is 0.394. The third-order valence-corrected chi connectivity index (χ3v) is 7.86. The average Bonchev–Trinajstić information content (AvgIpc) is 3.01. The Morgan fingerprint density at radius 1 is 0.833 bits per heavy atom. The third kappa shape index (κ3) is 7.95. The summed E-state index contributed by atoms with van der Waals surface area (Å²) >= 11 is 6.16. The number of benzene rings is 3. The van der Waals surface area contributed by atoms with Crippen molar-refractivity contribution in [2.75, 3.05) is 47.5 Å². The van der Waals surface area contributed by atoms with Gasteiger partial charge in [-0.1, -0.05) is 61.0 Å². The zero-order chi connectivity index (χ0) is 30.1. The lowest BCUT2D eigenvalue weighted by atomic mass is 9.96. The second-order valence-corrected chi connectivity index (χ2v) is 11.0. The van der Waals surface area contributed by atoms with Gasteiger partial charge in [0.1, 0.15) is 0 Å². The molecule has 42 heavy (non-hydrogen) atoms. The Labute approximate surface area is 253 Å². The van der Waals surface area contributed by atoms with Crippen LogP contribution < -0.4 is 19.5 Å². The van der Waals surface area contributed by atoms with Crippen LogP contribution in [0.4, 0.5) is 0 Å². The molecule has 0 saturated carbocycles. The number of nitrogens with zero attached hydrogens (tertiary/aromatic N) is 2. The molecule has 2 unspecified atom stereocenters. The maximum atomic E-state index is 13.1. The van der Waals surface area contributed by atoms with Gasteiger partial charge >= 0.3 is 0 Å². The number of amides is 2. The molecule has 224 valence electrons. The summed E-state index contributed by atoms with van der Waals surface area (Å²) in [5, 5.41) is 3.66. The van der Waals surface area contributed by atoms with Crippen LogP contribution in [0.15, 0.2) is 66.7 Å². The first-order valence-electron chi connectivity index (χ1n) is 14.2. The van der Waals surface area contributed by atoms with Crippen molar-refractivity contribution >= 4 is 23.4 Å². The second kappa shape index (κ2) is 14.9. The van der Waals surface area contributed by atoms with Crippen molar-refractivity contribution in [3.63, 3.8) is 0 Å². The predicted molar refractivity (Wildman–Crippen MR) is 164 cm³/mol. The number of methoxy groups -OCH3 is 3. The lowest BCUT2D eigenvalue weighted by molar-refractivity contribution is -0.134. The lowest BCUT2D eigenvalue weighted by Crippen LogP contribution is -2.50. The number of rotatable bonds is 12. The van der Waals surface area contributed by atoms with E-state index in [1.807, 2.05) is 42.2 Å². The molecule has 8 nitrogen and oxygen atoms in total. The molecular weight excluding hydrogens is 554 g/mol. The first kappa shape index (κ1) is 31.2. The number of hydrogen-bond donors (Lipinski definition) is 1. The van der Waals surface area contributed by atoms with Gasteiger partial charge in [0.05, 0.1) is 27.4 Å². The van der Waals surface area contributed by atoms with Crippen molar-refractivity contribution in [2.45, 2.75) is 32.4 Å². The van der Waals surface area contributed by atoms with Crippen LogP contribution in [0.5, 0.6) is 17.2 Å². The molecule has 3 aromatic rings. The Morgan fingerprint density at radius 2 is 1.43 bits per heavy atom. The number of halogens is 1. The van der Waals surface area contributed by atoms with E-state index in [0.717, 1.165) is 18.7 Å². The molecular formula is C33H40ClN3O5. The van der Waals surface area contributed by atoms with E-state index in [1.165, 1.54) is 11.1 Å². The smallest absolute Gasteiger partial charge is 0.222 e. The van der Waals surface area contributed by atoms with Crippen LogP contribution in [0.2, 0.25) is 5.02 Å². The first-order valence-corrected chi connectivity index (χ1v) is 14.6. The van der Waals surface area contributed by atoms with Gasteiger partial charge in [-0.2, -0.15) is 0 Å². The molecule has 0 bridgehead atoms. The highest BCUT2D eigenvalue weighted by Gasteiger charge is 2.29. The molecule has 1 heterocycles. The Hall–Kier alpha value is -3.75. The minimum absolute atomic E-state index is 0.0818. The summed E-state index contributed by atoms with van der Waals surface area (Å²) in [6.07, 6.45) is 0.597. The standard InChI is InChI=1S/C33H40ClN3O5/c1-23(18-30(38)35-22-24-20-28(40-2)33(42-4)29(21-24)41-3)19-31(39)36-14-16-37(17-15-36)32(25-8-6-5-7-9-25)26-10-12-27(34)13-11-26/h5-13,20-21,23,32H,14-19,22H2,1-4H3,(H,35,38). The topological polar surface area (TPSA) is 80.3 Å². The molecule has 1 fully saturated rings. The van der Waals surface area contributed by atoms with E-state index in [2.05, 4.69) is 46.6 Å². The fourth-order valence-corrected chi connectivity index (χ4v) is 5.58. The van der Waals surface area contributed by atoms with Crippen LogP contribution in [0.3, 0.4) is 0 Å². The van der Waals surface area contributed by atoms with Crippen molar-refractivity contribution in [1.29, 1.82) is 0 Å². The summed E-state index contributed by atoms with van der Waals surface area (Å²) in [6.45, 7) is 5.08. The van der Waals surface area contributed by atoms with Crippen molar-refractivity contribution in [3.05, 3.63) is 88.4 Å². The summed E-state index contributed by atoms with van der Waals surface area (Å²) < 4.78 is 16.1. The number of carbonyl (C=O) groups excluding carboxylic acids is 2. The van der Waals surface area contributed by atoms with Gasteiger partial charge < -0.3 is 24.4 Å². The summed E-state index contributed by atoms with van der Waals surface area (Å²) in [5.41, 5.74) is 3.22. The number of piperazine rings is 1. The lowest BCUT2D eigenvalue weighted by Gasteiger charge is -2.40.